The van der Waals surface area contributed by atoms with Crippen LogP contribution in [0.1, 0.15) is 0 Å². The van der Waals surface area contributed by atoms with Crippen molar-refractivity contribution < 1.29 is 9.53 Å². The summed E-state index contributed by atoms with van der Waals surface area (Å²) in [5, 5.41) is 1.22. The van der Waals surface area contributed by atoms with Crippen LogP contribution in [0.3, 0.4) is 0 Å². The molecule has 0 spiro atoms. The average molecular weight is 350 g/mol. The van der Waals surface area contributed by atoms with Crippen molar-refractivity contribution in [3.05, 3.63) is 61.1 Å². The van der Waals surface area contributed by atoms with Gasteiger partial charge in [0.15, 0.2) is 0 Å². The quantitative estimate of drug-likeness (QED) is 0.726. The van der Waals surface area contributed by atoms with E-state index in [0.29, 0.717) is 18.8 Å². The Morgan fingerprint density at radius 1 is 1.00 bits per heavy atom. The largest absolute Gasteiger partial charge is 0.415 e. The first kappa shape index (κ1) is 16.6. The number of ether oxygens (including phenoxy) is 1. The van der Waals surface area contributed by atoms with Gasteiger partial charge in [-0.05, 0) is 24.3 Å². The third kappa shape index (κ3) is 3.70. The van der Waals surface area contributed by atoms with E-state index < -0.39 is 0 Å². The molecule has 0 atom stereocenters. The molecular weight excluding hydrogens is 328 g/mol. The number of rotatable bonds is 4. The minimum Gasteiger partial charge on any atom is -0.410 e. The maximum atomic E-state index is 12.2. The molecule has 1 fully saturated rings. The molecule has 1 saturated heterocycles. The maximum Gasteiger partial charge on any atom is 0.415 e. The van der Waals surface area contributed by atoms with Gasteiger partial charge in [-0.1, -0.05) is 18.2 Å². The van der Waals surface area contributed by atoms with E-state index in [2.05, 4.69) is 26.7 Å². The summed E-state index contributed by atoms with van der Waals surface area (Å²) in [5.41, 5.74) is 1.16. The zero-order valence-electron chi connectivity index (χ0n) is 14.6. The van der Waals surface area contributed by atoms with Gasteiger partial charge >= 0.3 is 6.09 Å². The van der Waals surface area contributed by atoms with E-state index >= 15 is 0 Å². The van der Waals surface area contributed by atoms with Crippen molar-refractivity contribution in [2.24, 2.45) is 0 Å². The Morgan fingerprint density at radius 2 is 1.81 bits per heavy atom. The number of aromatic nitrogens is 2. The van der Waals surface area contributed by atoms with Crippen molar-refractivity contribution in [2.45, 2.75) is 6.54 Å². The van der Waals surface area contributed by atoms with Crippen LogP contribution in [0.5, 0.6) is 5.75 Å². The van der Waals surface area contributed by atoms with E-state index in [1.807, 2.05) is 36.7 Å². The monoisotopic (exact) mass is 350 g/mol. The number of fused-ring (bicyclic) bond motifs is 1. The minimum absolute atomic E-state index is 0.265. The van der Waals surface area contributed by atoms with E-state index in [-0.39, 0.29) is 6.09 Å². The third-order valence-corrected chi connectivity index (χ3v) is 4.81. The van der Waals surface area contributed by atoms with Gasteiger partial charge < -0.3 is 14.2 Å². The number of hydrogen-bond acceptors (Lipinski definition) is 4. The van der Waals surface area contributed by atoms with Crippen LogP contribution in [-0.4, -0.2) is 58.2 Å². The summed E-state index contributed by atoms with van der Waals surface area (Å²) in [6, 6.07) is 13.4. The fraction of sp³-hybridized carbons (Fsp3) is 0.300. The SMILES string of the molecule is O=C(Oc1ccccc1)N1CCN(CCn2ccc3ccncc32)CC1. The molecule has 6 heteroatoms. The topological polar surface area (TPSA) is 50.6 Å². The molecule has 3 aromatic rings. The van der Waals surface area contributed by atoms with Crippen LogP contribution >= 0.6 is 0 Å². The van der Waals surface area contributed by atoms with Crippen molar-refractivity contribution in [3.8, 4) is 5.75 Å². The summed E-state index contributed by atoms with van der Waals surface area (Å²) in [7, 11) is 0. The lowest BCUT2D eigenvalue weighted by Gasteiger charge is -2.34. The van der Waals surface area contributed by atoms with Crippen LogP contribution in [-0.2, 0) is 6.54 Å². The molecule has 2 aromatic heterocycles. The number of carbonyl (C=O) groups excluding carboxylic acids is 1. The molecule has 1 aromatic carbocycles. The Labute approximate surface area is 152 Å². The van der Waals surface area contributed by atoms with Crippen LogP contribution in [0, 0.1) is 0 Å². The molecule has 4 rings (SSSR count). The number of pyridine rings is 1. The molecular formula is C20H22N4O2. The Bertz CT molecular complexity index is 870. The molecule has 1 amide bonds. The van der Waals surface area contributed by atoms with Gasteiger partial charge in [0.05, 0.1) is 11.7 Å². The molecule has 26 heavy (non-hydrogen) atoms. The molecule has 3 heterocycles. The molecule has 0 bridgehead atoms. The molecule has 0 unspecified atom stereocenters. The van der Waals surface area contributed by atoms with Gasteiger partial charge in [0.25, 0.3) is 0 Å². The lowest BCUT2D eigenvalue weighted by Crippen LogP contribution is -2.50. The van der Waals surface area contributed by atoms with Crippen LogP contribution in [0.4, 0.5) is 4.79 Å². The minimum atomic E-state index is -0.265. The van der Waals surface area contributed by atoms with Crippen LogP contribution in [0.2, 0.25) is 0 Å². The van der Waals surface area contributed by atoms with E-state index in [1.165, 1.54) is 5.39 Å². The highest BCUT2D eigenvalue weighted by molar-refractivity contribution is 5.78. The summed E-state index contributed by atoms with van der Waals surface area (Å²) in [4.78, 5) is 20.6. The highest BCUT2D eigenvalue weighted by Crippen LogP contribution is 2.15. The van der Waals surface area contributed by atoms with E-state index in [0.717, 1.165) is 31.7 Å². The van der Waals surface area contributed by atoms with Crippen molar-refractivity contribution >= 4 is 17.0 Å². The summed E-state index contributed by atoms with van der Waals surface area (Å²) < 4.78 is 7.65. The number of carbonyl (C=O) groups is 1. The number of hydrogen-bond donors (Lipinski definition) is 0. The lowest BCUT2D eigenvalue weighted by molar-refractivity contribution is 0.109. The molecule has 0 saturated carbocycles. The Morgan fingerprint density at radius 3 is 2.62 bits per heavy atom. The van der Waals surface area contributed by atoms with Gasteiger partial charge in [-0.3, -0.25) is 9.88 Å². The standard InChI is InChI=1S/C20H22N4O2/c25-20(26-18-4-2-1-3-5-18)24-14-11-22(12-15-24)10-13-23-9-7-17-6-8-21-16-19(17)23/h1-9,16H,10-15H2. The second kappa shape index (κ2) is 7.58. The van der Waals surface area contributed by atoms with Crippen LogP contribution in [0.25, 0.3) is 10.9 Å². The van der Waals surface area contributed by atoms with Crippen LogP contribution in [0.15, 0.2) is 61.1 Å². The number of nitrogens with zero attached hydrogens (tertiary/aromatic N) is 4. The van der Waals surface area contributed by atoms with E-state index in [1.54, 1.807) is 17.0 Å². The Hall–Kier alpha value is -2.86. The van der Waals surface area contributed by atoms with Crippen molar-refractivity contribution in [1.29, 1.82) is 0 Å². The van der Waals surface area contributed by atoms with Gasteiger partial charge in [0.2, 0.25) is 0 Å². The summed E-state index contributed by atoms with van der Waals surface area (Å²) in [6.07, 6.45) is 5.57. The fourth-order valence-corrected chi connectivity index (χ4v) is 3.28. The predicted molar refractivity (Wildman–Crippen MR) is 100 cm³/mol. The average Bonchev–Trinajstić information content (AvgIpc) is 3.11. The molecule has 1 aliphatic rings. The van der Waals surface area contributed by atoms with Gasteiger partial charge in [-0.2, -0.15) is 0 Å². The van der Waals surface area contributed by atoms with Crippen LogP contribution < -0.4 is 4.74 Å². The van der Waals surface area contributed by atoms with Crippen molar-refractivity contribution in [1.82, 2.24) is 19.4 Å². The number of piperazine rings is 1. The Balaban J connectivity index is 1.26. The number of para-hydroxylation sites is 1. The van der Waals surface area contributed by atoms with Gasteiger partial charge in [-0.15, -0.1) is 0 Å². The number of benzene rings is 1. The molecule has 134 valence electrons. The van der Waals surface area contributed by atoms with E-state index in [9.17, 15) is 4.79 Å². The first-order valence-electron chi connectivity index (χ1n) is 8.92. The molecule has 0 N–H and O–H groups in total. The summed E-state index contributed by atoms with van der Waals surface area (Å²) in [6.45, 7) is 4.99. The first-order valence-corrected chi connectivity index (χ1v) is 8.92. The van der Waals surface area contributed by atoms with E-state index in [4.69, 9.17) is 4.74 Å². The maximum absolute atomic E-state index is 12.2. The zero-order valence-corrected chi connectivity index (χ0v) is 14.6. The molecule has 0 radical (unpaired) electrons. The lowest BCUT2D eigenvalue weighted by atomic mass is 10.3. The summed E-state index contributed by atoms with van der Waals surface area (Å²) in [5.74, 6) is 0.591. The fourth-order valence-electron chi connectivity index (χ4n) is 3.28. The van der Waals surface area contributed by atoms with Crippen molar-refractivity contribution in [3.63, 3.8) is 0 Å². The molecule has 0 aliphatic carbocycles. The highest BCUT2D eigenvalue weighted by atomic mass is 16.6. The third-order valence-electron chi connectivity index (χ3n) is 4.81. The highest BCUT2D eigenvalue weighted by Gasteiger charge is 2.22. The van der Waals surface area contributed by atoms with Crippen molar-refractivity contribution in [2.75, 3.05) is 32.7 Å². The van der Waals surface area contributed by atoms with Gasteiger partial charge in [0.1, 0.15) is 5.75 Å². The Kier molecular flexibility index (Phi) is 4.84. The van der Waals surface area contributed by atoms with Gasteiger partial charge in [0, 0.05) is 57.0 Å². The zero-order chi connectivity index (χ0) is 17.8. The second-order valence-electron chi connectivity index (χ2n) is 6.45. The number of amides is 1. The molecule has 1 aliphatic heterocycles. The predicted octanol–water partition coefficient (Wildman–Crippen LogP) is 2.85. The first-order chi connectivity index (χ1) is 12.8. The normalized spacial score (nSPS) is 15.3. The second-order valence-corrected chi connectivity index (χ2v) is 6.45. The molecule has 6 nitrogen and oxygen atoms in total. The smallest absolute Gasteiger partial charge is 0.410 e. The summed E-state index contributed by atoms with van der Waals surface area (Å²) >= 11 is 0. The van der Waals surface area contributed by atoms with Gasteiger partial charge in [-0.25, -0.2) is 4.79 Å².